The first-order chi connectivity index (χ1) is 17.0. The van der Waals surface area contributed by atoms with Crippen LogP contribution in [0.5, 0.6) is 0 Å². The van der Waals surface area contributed by atoms with Crippen LogP contribution in [0.3, 0.4) is 0 Å². The lowest BCUT2D eigenvalue weighted by atomic mass is 10.2. The van der Waals surface area contributed by atoms with E-state index in [1.165, 1.54) is 11.8 Å². The molecule has 3 aromatic rings. The molecule has 1 N–H and O–H groups in total. The third-order valence-electron chi connectivity index (χ3n) is 5.88. The van der Waals surface area contributed by atoms with Crippen molar-refractivity contribution in [3.8, 4) is 5.69 Å². The number of nitrogens with zero attached hydrogens (tertiary/aromatic N) is 4. The molecule has 0 spiro atoms. The van der Waals surface area contributed by atoms with E-state index in [4.69, 9.17) is 9.73 Å². The molecule has 0 unspecified atom stereocenters. The van der Waals surface area contributed by atoms with Gasteiger partial charge >= 0.3 is 5.97 Å². The highest BCUT2D eigenvalue weighted by molar-refractivity contribution is 8.18. The maximum atomic E-state index is 12.9. The second-order valence-corrected chi connectivity index (χ2v) is 9.15. The fourth-order valence-corrected chi connectivity index (χ4v) is 4.96. The van der Waals surface area contributed by atoms with Crippen LogP contribution in [0.2, 0.25) is 0 Å². The predicted octanol–water partition coefficient (Wildman–Crippen LogP) is 4.25. The van der Waals surface area contributed by atoms with Crippen molar-refractivity contribution < 1.29 is 19.4 Å². The number of benzene rings is 2. The van der Waals surface area contributed by atoms with Gasteiger partial charge in [-0.15, -0.1) is 0 Å². The Bertz CT molecular complexity index is 1320. The molecule has 1 amide bonds. The van der Waals surface area contributed by atoms with Crippen LogP contribution in [0, 0.1) is 0 Å². The average molecular weight is 489 g/mol. The van der Waals surface area contributed by atoms with Crippen molar-refractivity contribution >= 4 is 46.3 Å². The second-order valence-electron chi connectivity index (χ2n) is 8.14. The first-order valence-corrected chi connectivity index (χ1v) is 12.0. The van der Waals surface area contributed by atoms with Crippen LogP contribution in [-0.4, -0.2) is 65.0 Å². The molecule has 0 bridgehead atoms. The van der Waals surface area contributed by atoms with Crippen molar-refractivity contribution in [1.29, 1.82) is 0 Å². The maximum Gasteiger partial charge on any atom is 0.335 e. The normalized spacial score (nSPS) is 18.6. The van der Waals surface area contributed by atoms with E-state index in [1.54, 1.807) is 36.2 Å². The number of amidine groups is 1. The molecule has 0 saturated carbocycles. The van der Waals surface area contributed by atoms with Gasteiger partial charge in [0, 0.05) is 43.4 Å². The monoisotopic (exact) mass is 488 g/mol. The van der Waals surface area contributed by atoms with E-state index in [0.717, 1.165) is 43.4 Å². The molecule has 0 aliphatic carbocycles. The third kappa shape index (κ3) is 4.87. The first-order valence-electron chi connectivity index (χ1n) is 11.2. The number of rotatable bonds is 5. The molecule has 2 aliphatic heterocycles. The summed E-state index contributed by atoms with van der Waals surface area (Å²) in [4.78, 5) is 33.4. The molecular formula is C26H24N4O4S. The maximum absolute atomic E-state index is 12.9. The molecule has 5 rings (SSSR count). The summed E-state index contributed by atoms with van der Waals surface area (Å²) in [6, 6.07) is 18.4. The summed E-state index contributed by atoms with van der Waals surface area (Å²) in [5.74, 6) is -1.12. The lowest BCUT2D eigenvalue weighted by Crippen LogP contribution is -2.36. The van der Waals surface area contributed by atoms with Gasteiger partial charge in [0.2, 0.25) is 0 Å². The number of morpholine rings is 1. The summed E-state index contributed by atoms with van der Waals surface area (Å²) >= 11 is 1.32. The Morgan fingerprint density at radius 3 is 2.57 bits per heavy atom. The number of hydrogen-bond donors (Lipinski definition) is 1. The average Bonchev–Trinajstić information content (AvgIpc) is 3.45. The van der Waals surface area contributed by atoms with Crippen LogP contribution in [0.1, 0.15) is 16.1 Å². The van der Waals surface area contributed by atoms with E-state index in [-0.39, 0.29) is 11.5 Å². The fourth-order valence-electron chi connectivity index (χ4n) is 3.99. The van der Waals surface area contributed by atoms with Crippen LogP contribution < -0.4 is 4.90 Å². The van der Waals surface area contributed by atoms with Crippen LogP contribution >= 0.6 is 11.8 Å². The Labute approximate surface area is 207 Å². The Morgan fingerprint density at radius 2 is 1.83 bits per heavy atom. The highest BCUT2D eigenvalue weighted by Gasteiger charge is 2.30. The third-order valence-corrected chi connectivity index (χ3v) is 6.94. The summed E-state index contributed by atoms with van der Waals surface area (Å²) in [6.45, 7) is 3.21. The molecule has 0 radical (unpaired) electrons. The zero-order chi connectivity index (χ0) is 24.4. The van der Waals surface area contributed by atoms with Crippen molar-refractivity contribution in [3.05, 3.63) is 83.0 Å². The minimum Gasteiger partial charge on any atom is -0.478 e. The number of carbonyl (C=O) groups excluding carboxylic acids is 1. The molecule has 2 aliphatic rings. The van der Waals surface area contributed by atoms with Gasteiger partial charge in [-0.1, -0.05) is 6.07 Å². The highest BCUT2D eigenvalue weighted by Crippen LogP contribution is 2.34. The largest absolute Gasteiger partial charge is 0.478 e. The zero-order valence-corrected chi connectivity index (χ0v) is 19.9. The molecular weight excluding hydrogens is 464 g/mol. The number of carboxylic acid groups (broad SMARTS) is 1. The Balaban J connectivity index is 1.37. The van der Waals surface area contributed by atoms with E-state index in [9.17, 15) is 14.7 Å². The fraction of sp³-hybridized carbons (Fsp3) is 0.192. The van der Waals surface area contributed by atoms with Gasteiger partial charge in [-0.25, -0.2) is 9.79 Å². The lowest BCUT2D eigenvalue weighted by Gasteiger charge is -2.28. The van der Waals surface area contributed by atoms with E-state index in [2.05, 4.69) is 4.90 Å². The number of aliphatic imine (C=N–C) groups is 1. The summed E-state index contributed by atoms with van der Waals surface area (Å²) < 4.78 is 7.27. The van der Waals surface area contributed by atoms with Crippen LogP contribution in [0.15, 0.2) is 76.8 Å². The molecule has 0 atom stereocenters. The minimum absolute atomic E-state index is 0.134. The van der Waals surface area contributed by atoms with Gasteiger partial charge in [0.1, 0.15) is 0 Å². The van der Waals surface area contributed by atoms with Gasteiger partial charge in [0.05, 0.1) is 29.4 Å². The number of carboxylic acids is 1. The summed E-state index contributed by atoms with van der Waals surface area (Å²) in [5.41, 5.74) is 3.59. The molecule has 3 heterocycles. The van der Waals surface area contributed by atoms with E-state index < -0.39 is 5.97 Å². The predicted molar refractivity (Wildman–Crippen MR) is 138 cm³/mol. The van der Waals surface area contributed by atoms with Crippen molar-refractivity contribution in [2.45, 2.75) is 0 Å². The van der Waals surface area contributed by atoms with E-state index in [1.807, 2.05) is 53.2 Å². The van der Waals surface area contributed by atoms with Gasteiger partial charge in [0.15, 0.2) is 5.17 Å². The molecule has 9 heteroatoms. The number of thioether (sulfide) groups is 1. The molecule has 8 nitrogen and oxygen atoms in total. The Hall–Kier alpha value is -3.82. The number of likely N-dealkylation sites (N-methyl/N-ethyl adjacent to an activating group) is 1. The quantitative estimate of drug-likeness (QED) is 0.541. The second kappa shape index (κ2) is 9.81. The van der Waals surface area contributed by atoms with E-state index in [0.29, 0.717) is 15.8 Å². The van der Waals surface area contributed by atoms with Gasteiger partial charge in [-0.3, -0.25) is 9.69 Å². The van der Waals surface area contributed by atoms with Crippen LogP contribution in [-0.2, 0) is 9.53 Å². The van der Waals surface area contributed by atoms with Crippen molar-refractivity contribution in [3.63, 3.8) is 0 Å². The summed E-state index contributed by atoms with van der Waals surface area (Å²) in [7, 11) is 1.71. The van der Waals surface area contributed by atoms with Crippen molar-refractivity contribution in [2.24, 2.45) is 4.99 Å². The van der Waals surface area contributed by atoms with E-state index >= 15 is 0 Å². The van der Waals surface area contributed by atoms with Gasteiger partial charge < -0.3 is 19.3 Å². The number of hydrogen-bond acceptors (Lipinski definition) is 6. The lowest BCUT2D eigenvalue weighted by molar-refractivity contribution is -0.121. The number of amides is 1. The number of aromatic nitrogens is 1. The van der Waals surface area contributed by atoms with Gasteiger partial charge in [0.25, 0.3) is 5.91 Å². The molecule has 2 aromatic carbocycles. The van der Waals surface area contributed by atoms with Crippen LogP contribution in [0.4, 0.5) is 11.4 Å². The summed E-state index contributed by atoms with van der Waals surface area (Å²) in [5, 5.41) is 9.91. The minimum atomic E-state index is -0.985. The smallest absolute Gasteiger partial charge is 0.335 e. The number of anilines is 1. The number of ether oxygens (including phenoxy) is 1. The molecule has 1 aromatic heterocycles. The highest BCUT2D eigenvalue weighted by atomic mass is 32.2. The molecule has 2 saturated heterocycles. The molecule has 178 valence electrons. The summed E-state index contributed by atoms with van der Waals surface area (Å²) in [6.07, 6.45) is 3.65. The zero-order valence-electron chi connectivity index (χ0n) is 19.1. The molecule has 2 fully saturated rings. The Kier molecular flexibility index (Phi) is 6.43. The standard InChI is InChI=1S/C26H24N4O4S/c1-28-24(31)23(17-22-6-3-11-30(22)21-5-2-4-18(16-21)25(32)33)35-26(28)27-19-7-9-20(10-8-19)29-12-14-34-15-13-29/h2-11,16-17H,12-15H2,1H3,(H,32,33)/b23-17-,27-26?. The first kappa shape index (κ1) is 22.9. The van der Waals surface area contributed by atoms with Gasteiger partial charge in [-0.2, -0.15) is 0 Å². The van der Waals surface area contributed by atoms with Crippen molar-refractivity contribution in [2.75, 3.05) is 38.3 Å². The van der Waals surface area contributed by atoms with Crippen molar-refractivity contribution in [1.82, 2.24) is 9.47 Å². The number of aromatic carboxylic acids is 1. The SMILES string of the molecule is CN1C(=O)/C(=C/c2cccn2-c2cccc(C(=O)O)c2)SC1=Nc1ccc(N2CCOCC2)cc1. The topological polar surface area (TPSA) is 87.4 Å². The van der Waals surface area contributed by atoms with Crippen LogP contribution in [0.25, 0.3) is 11.8 Å². The Morgan fingerprint density at radius 1 is 1.06 bits per heavy atom. The number of carbonyl (C=O) groups is 2. The molecule has 35 heavy (non-hydrogen) atoms. The van der Waals surface area contributed by atoms with Gasteiger partial charge in [-0.05, 0) is 72.4 Å².